The Labute approximate surface area is 132 Å². The quantitative estimate of drug-likeness (QED) is 0.941. The van der Waals surface area contributed by atoms with Crippen LogP contribution in [0.2, 0.25) is 0 Å². The molecule has 4 nitrogen and oxygen atoms in total. The molecule has 0 radical (unpaired) electrons. The summed E-state index contributed by atoms with van der Waals surface area (Å²) in [4.78, 5) is 9.17. The van der Waals surface area contributed by atoms with E-state index in [1.807, 2.05) is 6.20 Å². The molecule has 1 aliphatic heterocycles. The van der Waals surface area contributed by atoms with Crippen molar-refractivity contribution >= 4 is 16.6 Å². The van der Waals surface area contributed by atoms with Gasteiger partial charge in [0, 0.05) is 36.6 Å². The molecule has 1 saturated heterocycles. The predicted molar refractivity (Wildman–Crippen MR) is 91.3 cm³/mol. The van der Waals surface area contributed by atoms with Crippen LogP contribution < -0.4 is 4.90 Å². The average molecular weight is 299 g/mol. The lowest BCUT2D eigenvalue weighted by molar-refractivity contribution is 0.0676. The van der Waals surface area contributed by atoms with Crippen molar-refractivity contribution in [3.05, 3.63) is 36.5 Å². The van der Waals surface area contributed by atoms with Crippen LogP contribution in [0, 0.1) is 5.41 Å². The molecule has 1 aromatic heterocycles. The third-order valence-electron chi connectivity index (χ3n) is 4.76. The molecule has 0 atom stereocenters. The summed E-state index contributed by atoms with van der Waals surface area (Å²) in [5.41, 5.74) is 0.0323. The molecule has 0 saturated carbocycles. The summed E-state index contributed by atoms with van der Waals surface area (Å²) < 4.78 is 0. The van der Waals surface area contributed by atoms with Gasteiger partial charge in [-0.05, 0) is 38.4 Å². The first-order valence-corrected chi connectivity index (χ1v) is 7.98. The highest BCUT2D eigenvalue weighted by Gasteiger charge is 2.35. The summed E-state index contributed by atoms with van der Waals surface area (Å²) in [6.07, 6.45) is 3.91. The van der Waals surface area contributed by atoms with E-state index in [4.69, 9.17) is 0 Å². The number of piperidine rings is 1. The second-order valence-electron chi connectivity index (χ2n) is 6.74. The van der Waals surface area contributed by atoms with Crippen molar-refractivity contribution in [3.8, 4) is 0 Å². The van der Waals surface area contributed by atoms with Crippen LogP contribution in [0.25, 0.3) is 10.8 Å². The number of aliphatic hydroxyl groups is 1. The molecular weight excluding hydrogens is 274 g/mol. The highest BCUT2D eigenvalue weighted by molar-refractivity contribution is 5.92. The van der Waals surface area contributed by atoms with Crippen molar-refractivity contribution in [1.82, 2.24) is 9.88 Å². The Balaban J connectivity index is 1.81. The average Bonchev–Trinajstić information content (AvgIpc) is 2.54. The lowest BCUT2D eigenvalue weighted by Crippen LogP contribution is -2.47. The summed E-state index contributed by atoms with van der Waals surface area (Å²) in [7, 11) is 4.16. The van der Waals surface area contributed by atoms with Crippen LogP contribution in [0.3, 0.4) is 0 Å². The van der Waals surface area contributed by atoms with E-state index in [1.165, 1.54) is 10.8 Å². The lowest BCUT2D eigenvalue weighted by atomic mass is 9.78. The van der Waals surface area contributed by atoms with Crippen molar-refractivity contribution in [2.75, 3.05) is 45.2 Å². The Hall–Kier alpha value is -1.65. The zero-order valence-electron chi connectivity index (χ0n) is 13.5. The van der Waals surface area contributed by atoms with Gasteiger partial charge in [0.25, 0.3) is 0 Å². The highest BCUT2D eigenvalue weighted by atomic mass is 16.3. The van der Waals surface area contributed by atoms with E-state index in [9.17, 15) is 5.11 Å². The minimum Gasteiger partial charge on any atom is -0.396 e. The van der Waals surface area contributed by atoms with E-state index in [1.54, 1.807) is 0 Å². The second kappa shape index (κ2) is 6.23. The number of benzene rings is 1. The van der Waals surface area contributed by atoms with Crippen molar-refractivity contribution in [2.24, 2.45) is 5.41 Å². The fourth-order valence-electron chi connectivity index (χ4n) is 3.59. The first kappa shape index (κ1) is 15.3. The molecule has 2 heterocycles. The molecule has 1 aromatic carbocycles. The molecule has 22 heavy (non-hydrogen) atoms. The summed E-state index contributed by atoms with van der Waals surface area (Å²) in [6.45, 7) is 3.12. The molecule has 118 valence electrons. The fourth-order valence-corrected chi connectivity index (χ4v) is 3.59. The predicted octanol–water partition coefficient (Wildman–Crippen LogP) is 2.38. The Bertz CT molecular complexity index is 628. The summed E-state index contributed by atoms with van der Waals surface area (Å²) in [5.74, 6) is 1.08. The van der Waals surface area contributed by atoms with E-state index in [2.05, 4.69) is 59.2 Å². The number of hydrogen-bond acceptors (Lipinski definition) is 4. The molecule has 1 aliphatic rings. The maximum atomic E-state index is 9.86. The zero-order chi connectivity index (χ0) is 15.6. The molecule has 4 heteroatoms. The van der Waals surface area contributed by atoms with Gasteiger partial charge in [-0.25, -0.2) is 4.98 Å². The van der Waals surface area contributed by atoms with Crippen LogP contribution in [-0.4, -0.2) is 55.3 Å². The Morgan fingerprint density at radius 2 is 1.91 bits per heavy atom. The zero-order valence-corrected chi connectivity index (χ0v) is 13.5. The Morgan fingerprint density at radius 3 is 2.59 bits per heavy atom. The number of aromatic nitrogens is 1. The van der Waals surface area contributed by atoms with Gasteiger partial charge in [0.1, 0.15) is 5.82 Å². The van der Waals surface area contributed by atoms with Crippen molar-refractivity contribution < 1.29 is 5.11 Å². The maximum absolute atomic E-state index is 9.86. The monoisotopic (exact) mass is 299 g/mol. The SMILES string of the molecule is CN(C)CC1(CO)CCN(c2nccc3ccccc23)CC1. The Kier molecular flexibility index (Phi) is 4.32. The number of aliphatic hydroxyl groups excluding tert-OH is 1. The maximum Gasteiger partial charge on any atom is 0.136 e. The van der Waals surface area contributed by atoms with Gasteiger partial charge in [0.2, 0.25) is 0 Å². The molecule has 0 unspecified atom stereocenters. The van der Waals surface area contributed by atoms with Gasteiger partial charge in [-0.1, -0.05) is 24.3 Å². The first-order valence-electron chi connectivity index (χ1n) is 7.98. The van der Waals surface area contributed by atoms with E-state index >= 15 is 0 Å². The number of pyridine rings is 1. The largest absolute Gasteiger partial charge is 0.396 e. The number of nitrogens with zero attached hydrogens (tertiary/aromatic N) is 3. The number of fused-ring (bicyclic) bond motifs is 1. The summed E-state index contributed by atoms with van der Waals surface area (Å²) in [6, 6.07) is 10.5. The van der Waals surface area contributed by atoms with Crippen LogP contribution in [0.1, 0.15) is 12.8 Å². The van der Waals surface area contributed by atoms with Crippen molar-refractivity contribution in [2.45, 2.75) is 12.8 Å². The molecule has 0 amide bonds. The number of hydrogen-bond donors (Lipinski definition) is 1. The normalized spacial score (nSPS) is 18.1. The molecular formula is C18H25N3O. The molecule has 1 N–H and O–H groups in total. The standard InChI is InChI=1S/C18H25N3O/c1-20(2)13-18(14-22)8-11-21(12-9-18)17-16-6-4-3-5-15(16)7-10-19-17/h3-7,10,22H,8-9,11-14H2,1-2H3. The molecule has 3 rings (SSSR count). The van der Waals surface area contributed by atoms with Gasteiger partial charge in [-0.3, -0.25) is 0 Å². The van der Waals surface area contributed by atoms with Gasteiger partial charge < -0.3 is 14.9 Å². The molecule has 0 aliphatic carbocycles. The topological polar surface area (TPSA) is 39.6 Å². The van der Waals surface area contributed by atoms with Gasteiger partial charge in [0.05, 0.1) is 6.61 Å². The third-order valence-corrected chi connectivity index (χ3v) is 4.76. The van der Waals surface area contributed by atoms with Crippen LogP contribution in [0.15, 0.2) is 36.5 Å². The van der Waals surface area contributed by atoms with Crippen LogP contribution >= 0.6 is 0 Å². The van der Waals surface area contributed by atoms with Crippen LogP contribution in [0.4, 0.5) is 5.82 Å². The first-order chi connectivity index (χ1) is 10.6. The molecule has 2 aromatic rings. The van der Waals surface area contributed by atoms with Crippen LogP contribution in [-0.2, 0) is 0 Å². The van der Waals surface area contributed by atoms with Crippen molar-refractivity contribution in [3.63, 3.8) is 0 Å². The molecule has 0 spiro atoms. The number of rotatable bonds is 4. The van der Waals surface area contributed by atoms with E-state index in [0.717, 1.165) is 38.3 Å². The van der Waals surface area contributed by atoms with Gasteiger partial charge in [0.15, 0.2) is 0 Å². The number of anilines is 1. The molecule has 0 bridgehead atoms. The minimum absolute atomic E-state index is 0.0323. The van der Waals surface area contributed by atoms with Gasteiger partial charge >= 0.3 is 0 Å². The molecule has 1 fully saturated rings. The highest BCUT2D eigenvalue weighted by Crippen LogP contribution is 2.35. The van der Waals surface area contributed by atoms with E-state index in [0.29, 0.717) is 0 Å². The summed E-state index contributed by atoms with van der Waals surface area (Å²) in [5, 5.41) is 12.3. The fraction of sp³-hybridized carbons (Fsp3) is 0.500. The van der Waals surface area contributed by atoms with Crippen LogP contribution in [0.5, 0.6) is 0 Å². The van der Waals surface area contributed by atoms with Gasteiger partial charge in [-0.2, -0.15) is 0 Å². The van der Waals surface area contributed by atoms with E-state index < -0.39 is 0 Å². The Morgan fingerprint density at radius 1 is 1.18 bits per heavy atom. The minimum atomic E-state index is 0.0323. The third kappa shape index (κ3) is 2.94. The summed E-state index contributed by atoms with van der Waals surface area (Å²) >= 11 is 0. The second-order valence-corrected chi connectivity index (χ2v) is 6.74. The lowest BCUT2D eigenvalue weighted by Gasteiger charge is -2.42. The van der Waals surface area contributed by atoms with Gasteiger partial charge in [-0.15, -0.1) is 0 Å². The van der Waals surface area contributed by atoms with E-state index in [-0.39, 0.29) is 12.0 Å². The van der Waals surface area contributed by atoms with Crippen molar-refractivity contribution in [1.29, 1.82) is 0 Å². The smallest absolute Gasteiger partial charge is 0.136 e.